The molecule has 0 fully saturated rings. The molecule has 0 aliphatic heterocycles. The summed E-state index contributed by atoms with van der Waals surface area (Å²) in [5, 5.41) is 3.87. The SMILES string of the molecule is COC(=O)c1cc(CNc2c(C)cccc2Cl)oc1C. The average Bonchev–Trinajstić information content (AvgIpc) is 2.78. The highest BCUT2D eigenvalue weighted by atomic mass is 35.5. The number of hydrogen-bond donors (Lipinski definition) is 1. The van der Waals surface area contributed by atoms with Crippen LogP contribution >= 0.6 is 11.6 Å². The predicted octanol–water partition coefficient (Wildman–Crippen LogP) is 3.95. The van der Waals surface area contributed by atoms with E-state index in [4.69, 9.17) is 20.8 Å². The fraction of sp³-hybridized carbons (Fsp3) is 0.267. The van der Waals surface area contributed by atoms with Crippen molar-refractivity contribution in [1.29, 1.82) is 0 Å². The predicted molar refractivity (Wildman–Crippen MR) is 78.3 cm³/mol. The Kier molecular flexibility index (Phi) is 4.35. The molecule has 1 N–H and O–H groups in total. The van der Waals surface area contributed by atoms with Gasteiger partial charge in [0.25, 0.3) is 0 Å². The van der Waals surface area contributed by atoms with Crippen LogP contribution in [0.5, 0.6) is 0 Å². The highest BCUT2D eigenvalue weighted by Crippen LogP contribution is 2.26. The van der Waals surface area contributed by atoms with Crippen LogP contribution in [0.4, 0.5) is 5.69 Å². The summed E-state index contributed by atoms with van der Waals surface area (Å²) >= 11 is 6.14. The lowest BCUT2D eigenvalue weighted by atomic mass is 10.2. The van der Waals surface area contributed by atoms with Crippen LogP contribution < -0.4 is 5.32 Å². The second kappa shape index (κ2) is 6.01. The number of rotatable bonds is 4. The molecule has 5 heteroatoms. The molecule has 0 aliphatic rings. The topological polar surface area (TPSA) is 51.5 Å². The van der Waals surface area contributed by atoms with Crippen molar-refractivity contribution < 1.29 is 13.9 Å². The van der Waals surface area contributed by atoms with Gasteiger partial charge in [-0.15, -0.1) is 0 Å². The second-order valence-corrected chi connectivity index (χ2v) is 4.87. The third kappa shape index (κ3) is 2.96. The zero-order valence-corrected chi connectivity index (χ0v) is 12.4. The molecule has 0 amide bonds. The Bertz CT molecular complexity index is 614. The van der Waals surface area contributed by atoms with Gasteiger partial charge < -0.3 is 14.5 Å². The highest BCUT2D eigenvalue weighted by Gasteiger charge is 2.15. The van der Waals surface area contributed by atoms with Crippen LogP contribution in [0, 0.1) is 13.8 Å². The molecule has 0 saturated carbocycles. The quantitative estimate of drug-likeness (QED) is 0.867. The minimum Gasteiger partial charge on any atom is -0.465 e. The first-order valence-corrected chi connectivity index (χ1v) is 6.57. The van der Waals surface area contributed by atoms with Gasteiger partial charge in [0.2, 0.25) is 0 Å². The molecule has 2 aromatic rings. The van der Waals surface area contributed by atoms with E-state index < -0.39 is 5.97 Å². The van der Waals surface area contributed by atoms with Crippen molar-refractivity contribution >= 4 is 23.3 Å². The van der Waals surface area contributed by atoms with Gasteiger partial charge in [-0.1, -0.05) is 23.7 Å². The molecule has 0 aliphatic carbocycles. The number of ether oxygens (including phenoxy) is 1. The third-order valence-electron chi connectivity index (χ3n) is 3.04. The molecule has 106 valence electrons. The number of methoxy groups -OCH3 is 1. The van der Waals surface area contributed by atoms with Crippen LogP contribution in [-0.4, -0.2) is 13.1 Å². The summed E-state index contributed by atoms with van der Waals surface area (Å²) in [6.07, 6.45) is 0. The van der Waals surface area contributed by atoms with Crippen LogP contribution in [0.3, 0.4) is 0 Å². The van der Waals surface area contributed by atoms with Gasteiger partial charge in [0, 0.05) is 0 Å². The second-order valence-electron chi connectivity index (χ2n) is 4.46. The maximum atomic E-state index is 11.5. The van der Waals surface area contributed by atoms with Gasteiger partial charge in [-0.05, 0) is 31.5 Å². The summed E-state index contributed by atoms with van der Waals surface area (Å²) in [6.45, 7) is 4.15. The molecule has 0 radical (unpaired) electrons. The van der Waals surface area contributed by atoms with E-state index in [9.17, 15) is 4.79 Å². The normalized spacial score (nSPS) is 10.4. The van der Waals surface area contributed by atoms with E-state index in [1.54, 1.807) is 13.0 Å². The van der Waals surface area contributed by atoms with Crippen LogP contribution in [0.2, 0.25) is 5.02 Å². The molecule has 1 aromatic carbocycles. The molecular weight excluding hydrogens is 278 g/mol. The Balaban J connectivity index is 2.14. The van der Waals surface area contributed by atoms with E-state index in [1.807, 2.05) is 25.1 Å². The lowest BCUT2D eigenvalue weighted by molar-refractivity contribution is 0.0599. The summed E-state index contributed by atoms with van der Waals surface area (Å²) in [5.41, 5.74) is 2.36. The number of para-hydroxylation sites is 1. The number of nitrogens with one attached hydrogen (secondary N) is 1. The number of furan rings is 1. The number of esters is 1. The maximum absolute atomic E-state index is 11.5. The first-order chi connectivity index (χ1) is 9.52. The van der Waals surface area contributed by atoms with Crippen LogP contribution in [0.25, 0.3) is 0 Å². The number of benzene rings is 1. The summed E-state index contributed by atoms with van der Waals surface area (Å²) < 4.78 is 10.2. The monoisotopic (exact) mass is 293 g/mol. The van der Waals surface area contributed by atoms with Crippen molar-refractivity contribution in [3.05, 3.63) is 51.9 Å². The zero-order chi connectivity index (χ0) is 14.7. The summed E-state index contributed by atoms with van der Waals surface area (Å²) in [7, 11) is 1.35. The fourth-order valence-electron chi connectivity index (χ4n) is 1.97. The van der Waals surface area contributed by atoms with Crippen molar-refractivity contribution in [3.8, 4) is 0 Å². The largest absolute Gasteiger partial charge is 0.465 e. The number of carbonyl (C=O) groups excluding carboxylic acids is 1. The number of carbonyl (C=O) groups is 1. The van der Waals surface area contributed by atoms with Gasteiger partial charge in [-0.25, -0.2) is 4.79 Å². The smallest absolute Gasteiger partial charge is 0.341 e. The minimum absolute atomic E-state index is 0.397. The average molecular weight is 294 g/mol. The van der Waals surface area contributed by atoms with Crippen LogP contribution in [-0.2, 0) is 11.3 Å². The van der Waals surface area contributed by atoms with E-state index in [2.05, 4.69) is 5.32 Å². The third-order valence-corrected chi connectivity index (χ3v) is 3.35. The number of anilines is 1. The molecular formula is C15H16ClNO3. The van der Waals surface area contributed by atoms with Gasteiger partial charge in [-0.2, -0.15) is 0 Å². The Hall–Kier alpha value is -1.94. The maximum Gasteiger partial charge on any atom is 0.341 e. The summed E-state index contributed by atoms with van der Waals surface area (Å²) in [4.78, 5) is 11.5. The van der Waals surface area contributed by atoms with Gasteiger partial charge in [0.05, 0.1) is 24.4 Å². The summed E-state index contributed by atoms with van der Waals surface area (Å²) in [5.74, 6) is 0.804. The Labute approximate surface area is 122 Å². The van der Waals surface area contributed by atoms with Crippen LogP contribution in [0.15, 0.2) is 28.7 Å². The number of halogens is 1. The number of aryl methyl sites for hydroxylation is 2. The zero-order valence-electron chi connectivity index (χ0n) is 11.6. The molecule has 20 heavy (non-hydrogen) atoms. The van der Waals surface area contributed by atoms with Crippen molar-refractivity contribution in [3.63, 3.8) is 0 Å². The first-order valence-electron chi connectivity index (χ1n) is 6.19. The molecule has 4 nitrogen and oxygen atoms in total. The Morgan fingerprint density at radius 3 is 2.80 bits per heavy atom. The van der Waals surface area contributed by atoms with E-state index in [0.717, 1.165) is 11.3 Å². The van der Waals surface area contributed by atoms with Crippen molar-refractivity contribution in [1.82, 2.24) is 0 Å². The van der Waals surface area contributed by atoms with E-state index in [-0.39, 0.29) is 0 Å². The summed E-state index contributed by atoms with van der Waals surface area (Å²) in [6, 6.07) is 7.38. The van der Waals surface area contributed by atoms with Crippen LogP contribution in [0.1, 0.15) is 27.4 Å². The van der Waals surface area contributed by atoms with Crippen molar-refractivity contribution in [2.75, 3.05) is 12.4 Å². The number of hydrogen-bond acceptors (Lipinski definition) is 4. The minimum atomic E-state index is -0.397. The van der Waals surface area contributed by atoms with Gasteiger partial charge in [-0.3, -0.25) is 0 Å². The molecule has 1 heterocycles. The van der Waals surface area contributed by atoms with E-state index in [1.165, 1.54) is 7.11 Å². The lowest BCUT2D eigenvalue weighted by Crippen LogP contribution is -2.02. The molecule has 0 saturated heterocycles. The van der Waals surface area contributed by atoms with Gasteiger partial charge in [0.1, 0.15) is 17.1 Å². The Morgan fingerprint density at radius 2 is 2.15 bits per heavy atom. The van der Waals surface area contributed by atoms with Gasteiger partial charge >= 0.3 is 5.97 Å². The molecule has 0 unspecified atom stereocenters. The van der Waals surface area contributed by atoms with E-state index >= 15 is 0 Å². The molecule has 2 rings (SSSR count). The van der Waals surface area contributed by atoms with Crippen molar-refractivity contribution in [2.45, 2.75) is 20.4 Å². The van der Waals surface area contributed by atoms with E-state index in [0.29, 0.717) is 28.7 Å². The first kappa shape index (κ1) is 14.5. The van der Waals surface area contributed by atoms with Gasteiger partial charge in [0.15, 0.2) is 0 Å². The molecule has 1 aromatic heterocycles. The molecule has 0 bridgehead atoms. The fourth-order valence-corrected chi connectivity index (χ4v) is 2.26. The Morgan fingerprint density at radius 1 is 1.40 bits per heavy atom. The highest BCUT2D eigenvalue weighted by molar-refractivity contribution is 6.33. The molecule has 0 spiro atoms. The molecule has 0 atom stereocenters. The van der Waals surface area contributed by atoms with Crippen molar-refractivity contribution in [2.24, 2.45) is 0 Å². The lowest BCUT2D eigenvalue weighted by Gasteiger charge is -2.09. The standard InChI is InChI=1S/C15H16ClNO3/c1-9-5-4-6-13(16)14(9)17-8-11-7-12(10(2)20-11)15(18)19-3/h4-7,17H,8H2,1-3H3.